The number of nitrogen functional groups attached to an aromatic ring is 1. The molecule has 4 nitrogen and oxygen atoms in total. The molecular formula is C15H18ClN3O. The quantitative estimate of drug-likeness (QED) is 0.680. The minimum absolute atomic E-state index is 0.0191. The molecule has 0 fully saturated rings. The van der Waals surface area contributed by atoms with Crippen molar-refractivity contribution in [3.05, 3.63) is 46.2 Å². The van der Waals surface area contributed by atoms with Gasteiger partial charge in [0.1, 0.15) is 0 Å². The molecule has 0 unspecified atom stereocenters. The van der Waals surface area contributed by atoms with Gasteiger partial charge in [-0.15, -0.1) is 0 Å². The number of hydrogen-bond acceptors (Lipinski definition) is 3. The van der Waals surface area contributed by atoms with Crippen molar-refractivity contribution in [1.29, 1.82) is 0 Å². The summed E-state index contributed by atoms with van der Waals surface area (Å²) in [6.07, 6.45) is 1.18. The molecule has 0 saturated heterocycles. The first kappa shape index (κ1) is 14.6. The van der Waals surface area contributed by atoms with Crippen molar-refractivity contribution < 1.29 is 4.79 Å². The number of carbonyl (C=O) groups is 1. The summed E-state index contributed by atoms with van der Waals surface area (Å²) in [5.74, 6) is 0.0191. The van der Waals surface area contributed by atoms with Gasteiger partial charge in [0.05, 0.1) is 22.8 Å². The molecule has 5 heteroatoms. The Hall–Kier alpha value is -1.81. The van der Waals surface area contributed by atoms with Crippen LogP contribution in [0.5, 0.6) is 0 Å². The Morgan fingerprint density at radius 3 is 2.70 bits per heavy atom. The Labute approximate surface area is 123 Å². The van der Waals surface area contributed by atoms with Gasteiger partial charge >= 0.3 is 0 Å². The van der Waals surface area contributed by atoms with Crippen LogP contribution < -0.4 is 5.73 Å². The fraction of sp³-hybridized carbons (Fsp3) is 0.333. The van der Waals surface area contributed by atoms with Crippen LogP contribution in [0.25, 0.3) is 0 Å². The van der Waals surface area contributed by atoms with Crippen molar-refractivity contribution in [2.24, 2.45) is 0 Å². The van der Waals surface area contributed by atoms with Crippen LogP contribution in [0.15, 0.2) is 24.3 Å². The number of aryl methyl sites for hydroxylation is 2. The van der Waals surface area contributed by atoms with E-state index in [1.165, 1.54) is 0 Å². The van der Waals surface area contributed by atoms with E-state index in [1.54, 1.807) is 18.2 Å². The second kappa shape index (κ2) is 6.09. The zero-order valence-electron chi connectivity index (χ0n) is 11.7. The zero-order chi connectivity index (χ0) is 14.7. The molecule has 106 valence electrons. The second-order valence-corrected chi connectivity index (χ2v) is 5.04. The van der Waals surface area contributed by atoms with Crippen LogP contribution in [0.3, 0.4) is 0 Å². The lowest BCUT2D eigenvalue weighted by atomic mass is 10.1. The van der Waals surface area contributed by atoms with E-state index in [1.807, 2.05) is 24.6 Å². The van der Waals surface area contributed by atoms with Crippen molar-refractivity contribution >= 4 is 23.1 Å². The summed E-state index contributed by atoms with van der Waals surface area (Å²) >= 11 is 5.86. The molecule has 0 aliphatic rings. The average molecular weight is 292 g/mol. The predicted octanol–water partition coefficient (Wildman–Crippen LogP) is 3.13. The van der Waals surface area contributed by atoms with Crippen molar-refractivity contribution in [2.75, 3.05) is 5.73 Å². The maximum absolute atomic E-state index is 12.3. The highest BCUT2D eigenvalue weighted by molar-refractivity contribution is 6.33. The van der Waals surface area contributed by atoms with Crippen molar-refractivity contribution in [3.63, 3.8) is 0 Å². The minimum Gasteiger partial charge on any atom is -0.398 e. The summed E-state index contributed by atoms with van der Waals surface area (Å²) in [4.78, 5) is 12.3. The van der Waals surface area contributed by atoms with Crippen LogP contribution in [-0.2, 0) is 19.4 Å². The largest absolute Gasteiger partial charge is 0.398 e. The van der Waals surface area contributed by atoms with Gasteiger partial charge in [0, 0.05) is 17.8 Å². The first-order valence-electron chi connectivity index (χ1n) is 6.69. The van der Waals surface area contributed by atoms with Gasteiger partial charge in [0.25, 0.3) is 0 Å². The third-order valence-electron chi connectivity index (χ3n) is 3.24. The molecule has 2 aromatic rings. The highest BCUT2D eigenvalue weighted by atomic mass is 35.5. The first-order valence-corrected chi connectivity index (χ1v) is 7.06. The average Bonchev–Trinajstić information content (AvgIpc) is 2.84. The van der Waals surface area contributed by atoms with Gasteiger partial charge < -0.3 is 5.73 Å². The molecular weight excluding hydrogens is 274 g/mol. The fourth-order valence-corrected chi connectivity index (χ4v) is 2.21. The van der Waals surface area contributed by atoms with Gasteiger partial charge in [-0.3, -0.25) is 9.48 Å². The van der Waals surface area contributed by atoms with Crippen LogP contribution in [-0.4, -0.2) is 15.6 Å². The molecule has 0 spiro atoms. The van der Waals surface area contributed by atoms with Crippen LogP contribution in [0.2, 0.25) is 5.02 Å². The monoisotopic (exact) mass is 291 g/mol. The lowest BCUT2D eigenvalue weighted by Crippen LogP contribution is -2.10. The highest BCUT2D eigenvalue weighted by Crippen LogP contribution is 2.20. The van der Waals surface area contributed by atoms with E-state index >= 15 is 0 Å². The Kier molecular flexibility index (Phi) is 4.45. The molecule has 1 aromatic carbocycles. The molecule has 0 saturated carbocycles. The van der Waals surface area contributed by atoms with Gasteiger partial charge in [-0.05, 0) is 37.6 Å². The van der Waals surface area contributed by atoms with Crippen molar-refractivity contribution in [1.82, 2.24) is 9.78 Å². The molecule has 1 heterocycles. The summed E-state index contributed by atoms with van der Waals surface area (Å²) in [7, 11) is 0. The maximum atomic E-state index is 12.3. The molecule has 0 amide bonds. The highest BCUT2D eigenvalue weighted by Gasteiger charge is 2.13. The number of carbonyl (C=O) groups excluding carboxylic acids is 1. The van der Waals surface area contributed by atoms with E-state index in [4.69, 9.17) is 17.3 Å². The SMILES string of the molecule is CCc1cc(CC(=O)c2ccc(Cl)c(N)c2)n(CC)n1. The molecule has 0 aliphatic heterocycles. The Morgan fingerprint density at radius 2 is 2.10 bits per heavy atom. The topological polar surface area (TPSA) is 60.9 Å². The number of anilines is 1. The van der Waals surface area contributed by atoms with Gasteiger partial charge in [0.15, 0.2) is 5.78 Å². The lowest BCUT2D eigenvalue weighted by Gasteiger charge is -2.05. The zero-order valence-corrected chi connectivity index (χ0v) is 12.4. The van der Waals surface area contributed by atoms with Gasteiger partial charge in [-0.25, -0.2) is 0 Å². The van der Waals surface area contributed by atoms with E-state index < -0.39 is 0 Å². The molecule has 0 bridgehead atoms. The van der Waals surface area contributed by atoms with Gasteiger partial charge in [-0.1, -0.05) is 18.5 Å². The van der Waals surface area contributed by atoms with Gasteiger partial charge in [0.2, 0.25) is 0 Å². The summed E-state index contributed by atoms with van der Waals surface area (Å²) < 4.78 is 1.87. The Bertz CT molecular complexity index is 634. The number of aromatic nitrogens is 2. The predicted molar refractivity (Wildman–Crippen MR) is 81.2 cm³/mol. The first-order chi connectivity index (χ1) is 9.55. The second-order valence-electron chi connectivity index (χ2n) is 4.63. The Balaban J connectivity index is 2.22. The molecule has 0 atom stereocenters. The number of nitrogens with two attached hydrogens (primary N) is 1. The minimum atomic E-state index is 0.0191. The molecule has 0 radical (unpaired) electrons. The number of ketones is 1. The van der Waals surface area contributed by atoms with Crippen molar-refractivity contribution in [2.45, 2.75) is 33.2 Å². The molecule has 0 aliphatic carbocycles. The maximum Gasteiger partial charge on any atom is 0.168 e. The fourth-order valence-electron chi connectivity index (χ4n) is 2.09. The summed E-state index contributed by atoms with van der Waals surface area (Å²) in [5, 5.41) is 4.91. The number of nitrogens with zero attached hydrogens (tertiary/aromatic N) is 2. The molecule has 2 N–H and O–H groups in total. The number of halogens is 1. The van der Waals surface area contributed by atoms with Crippen LogP contribution in [0.1, 0.15) is 35.6 Å². The van der Waals surface area contributed by atoms with Gasteiger partial charge in [-0.2, -0.15) is 5.10 Å². The Morgan fingerprint density at radius 1 is 1.35 bits per heavy atom. The molecule has 2 rings (SSSR count). The van der Waals surface area contributed by atoms with E-state index in [0.29, 0.717) is 22.7 Å². The van der Waals surface area contributed by atoms with Crippen LogP contribution in [0.4, 0.5) is 5.69 Å². The standard InChI is InChI=1S/C15H18ClN3O/c1-3-11-8-12(19(4-2)18-11)9-15(20)10-5-6-13(16)14(17)7-10/h5-8H,3-4,9,17H2,1-2H3. The van der Waals surface area contributed by atoms with Crippen LogP contribution >= 0.6 is 11.6 Å². The summed E-state index contributed by atoms with van der Waals surface area (Å²) in [6, 6.07) is 6.96. The third-order valence-corrected chi connectivity index (χ3v) is 3.58. The molecule has 1 aromatic heterocycles. The number of rotatable bonds is 5. The normalized spacial score (nSPS) is 10.8. The summed E-state index contributed by atoms with van der Waals surface area (Å²) in [6.45, 7) is 4.82. The third kappa shape index (κ3) is 3.02. The van der Waals surface area contributed by atoms with E-state index in [9.17, 15) is 4.79 Å². The van der Waals surface area contributed by atoms with E-state index in [2.05, 4.69) is 5.10 Å². The number of hydrogen-bond donors (Lipinski definition) is 1. The summed E-state index contributed by atoms with van der Waals surface area (Å²) in [5.41, 5.74) is 8.67. The van der Waals surface area contributed by atoms with E-state index in [0.717, 1.165) is 24.4 Å². The van der Waals surface area contributed by atoms with Crippen LogP contribution in [0, 0.1) is 0 Å². The number of benzene rings is 1. The molecule has 20 heavy (non-hydrogen) atoms. The smallest absolute Gasteiger partial charge is 0.168 e. The lowest BCUT2D eigenvalue weighted by molar-refractivity contribution is 0.0990. The number of Topliss-reactive ketones (excluding diaryl/α,β-unsaturated/α-hetero) is 1. The van der Waals surface area contributed by atoms with Crippen molar-refractivity contribution in [3.8, 4) is 0 Å². The van der Waals surface area contributed by atoms with E-state index in [-0.39, 0.29) is 5.78 Å².